The molecule has 0 radical (unpaired) electrons. The van der Waals surface area contributed by atoms with Crippen LogP contribution in [-0.4, -0.2) is 33.7 Å². The minimum atomic E-state index is -0.223. The van der Waals surface area contributed by atoms with Gasteiger partial charge in [-0.3, -0.25) is 4.79 Å². The van der Waals surface area contributed by atoms with E-state index in [0.29, 0.717) is 19.6 Å². The lowest BCUT2D eigenvalue weighted by Crippen LogP contribution is -2.44. The number of para-hydroxylation sites is 2. The molecule has 6 nitrogen and oxygen atoms in total. The Hall–Kier alpha value is -2.60. The zero-order valence-electron chi connectivity index (χ0n) is 17.2. The molecule has 154 valence electrons. The van der Waals surface area contributed by atoms with Gasteiger partial charge in [-0.2, -0.15) is 0 Å². The monoisotopic (exact) mass is 394 g/mol. The quantitative estimate of drug-likeness (QED) is 0.632. The smallest absolute Gasteiger partial charge is 0.222 e. The Morgan fingerprint density at radius 2 is 1.97 bits per heavy atom. The van der Waals surface area contributed by atoms with Crippen LogP contribution < -0.4 is 5.32 Å². The Morgan fingerprint density at radius 3 is 2.66 bits per heavy atom. The summed E-state index contributed by atoms with van der Waals surface area (Å²) in [5, 5.41) is 3.29. The van der Waals surface area contributed by atoms with E-state index in [0.717, 1.165) is 36.1 Å². The number of rotatable bonds is 7. The lowest BCUT2D eigenvalue weighted by molar-refractivity contribution is -0.125. The molecule has 3 aromatic rings. The third-order valence-corrected chi connectivity index (χ3v) is 6.30. The molecule has 2 atom stereocenters. The highest BCUT2D eigenvalue weighted by molar-refractivity contribution is 5.78. The summed E-state index contributed by atoms with van der Waals surface area (Å²) in [6.45, 7) is 5.67. The van der Waals surface area contributed by atoms with Gasteiger partial charge in [0.05, 0.1) is 29.0 Å². The zero-order chi connectivity index (χ0) is 20.3. The molecule has 3 heterocycles. The van der Waals surface area contributed by atoms with Crippen molar-refractivity contribution in [2.75, 3.05) is 13.2 Å². The Balaban J connectivity index is 1.56. The minimum Gasteiger partial charge on any atom is -0.381 e. The second-order valence-corrected chi connectivity index (χ2v) is 8.17. The van der Waals surface area contributed by atoms with Crippen LogP contribution in [0, 0.1) is 5.92 Å². The summed E-state index contributed by atoms with van der Waals surface area (Å²) in [5.74, 6) is 1.17. The Labute approximate surface area is 171 Å². The third-order valence-electron chi connectivity index (χ3n) is 6.30. The average molecular weight is 395 g/mol. The van der Waals surface area contributed by atoms with Gasteiger partial charge < -0.3 is 19.6 Å². The molecular formula is C23H30N4O2. The number of hydrogen-bond donors (Lipinski definition) is 2. The first-order chi connectivity index (χ1) is 14.1. The highest BCUT2D eigenvalue weighted by Crippen LogP contribution is 2.34. The first-order valence-electron chi connectivity index (χ1n) is 10.6. The van der Waals surface area contributed by atoms with Crippen LogP contribution >= 0.6 is 0 Å². The van der Waals surface area contributed by atoms with Crippen LogP contribution in [0.1, 0.15) is 51.4 Å². The number of imidazole rings is 1. The molecule has 2 aromatic heterocycles. The molecule has 0 unspecified atom stereocenters. The van der Waals surface area contributed by atoms with Crippen molar-refractivity contribution in [1.82, 2.24) is 19.9 Å². The average Bonchev–Trinajstić information content (AvgIpc) is 3.42. The molecule has 1 fully saturated rings. The van der Waals surface area contributed by atoms with Gasteiger partial charge in [0.15, 0.2) is 0 Å². The summed E-state index contributed by atoms with van der Waals surface area (Å²) in [7, 11) is 0. The molecule has 1 saturated heterocycles. The van der Waals surface area contributed by atoms with Crippen molar-refractivity contribution in [3.63, 3.8) is 0 Å². The van der Waals surface area contributed by atoms with Gasteiger partial charge >= 0.3 is 0 Å². The molecule has 29 heavy (non-hydrogen) atoms. The molecule has 0 bridgehead atoms. The number of fused-ring (bicyclic) bond motifs is 1. The second kappa shape index (κ2) is 8.41. The van der Waals surface area contributed by atoms with Crippen LogP contribution in [0.5, 0.6) is 0 Å². The molecule has 4 rings (SSSR count). The SMILES string of the molecule is CC[C@H](C)[C@@H](NC(=O)CC1(n2cccc2)CCOCC1)c1nc2ccccc2[nH]1. The van der Waals surface area contributed by atoms with Gasteiger partial charge in [0.25, 0.3) is 0 Å². The van der Waals surface area contributed by atoms with E-state index in [2.05, 4.69) is 41.1 Å². The molecular weight excluding hydrogens is 364 g/mol. The van der Waals surface area contributed by atoms with Crippen molar-refractivity contribution in [3.8, 4) is 0 Å². The number of carbonyl (C=O) groups is 1. The van der Waals surface area contributed by atoms with Gasteiger partial charge in [0.2, 0.25) is 5.91 Å². The number of benzene rings is 1. The normalized spacial score (nSPS) is 18.4. The standard InChI is InChI=1S/C23H30N4O2/c1-3-17(2)21(22-24-18-8-4-5-9-19(18)25-22)26-20(28)16-23(10-14-29-15-11-23)27-12-6-7-13-27/h4-9,12-13,17,21H,3,10-11,14-16H2,1-2H3,(H,24,25)(H,26,28)/t17-,21+/m0/s1. The summed E-state index contributed by atoms with van der Waals surface area (Å²) in [6, 6.07) is 11.9. The van der Waals surface area contributed by atoms with E-state index in [-0.39, 0.29) is 23.4 Å². The van der Waals surface area contributed by atoms with Crippen molar-refractivity contribution in [2.24, 2.45) is 5.92 Å². The van der Waals surface area contributed by atoms with Crippen LogP contribution in [0.4, 0.5) is 0 Å². The molecule has 1 aliphatic heterocycles. The summed E-state index contributed by atoms with van der Waals surface area (Å²) in [6.07, 6.45) is 7.20. The Bertz CT molecular complexity index is 908. The number of aromatic amines is 1. The first-order valence-corrected chi connectivity index (χ1v) is 10.6. The van der Waals surface area contributed by atoms with E-state index in [4.69, 9.17) is 9.72 Å². The summed E-state index contributed by atoms with van der Waals surface area (Å²) < 4.78 is 7.77. The zero-order valence-corrected chi connectivity index (χ0v) is 17.2. The van der Waals surface area contributed by atoms with E-state index >= 15 is 0 Å². The number of amides is 1. The fourth-order valence-corrected chi connectivity index (χ4v) is 4.29. The molecule has 1 aliphatic rings. The van der Waals surface area contributed by atoms with Crippen LogP contribution in [0.2, 0.25) is 0 Å². The molecule has 2 N–H and O–H groups in total. The highest BCUT2D eigenvalue weighted by Gasteiger charge is 2.37. The number of nitrogens with zero attached hydrogens (tertiary/aromatic N) is 2. The molecule has 0 spiro atoms. The van der Waals surface area contributed by atoms with Crippen molar-refractivity contribution >= 4 is 16.9 Å². The van der Waals surface area contributed by atoms with Crippen LogP contribution in [0.3, 0.4) is 0 Å². The number of hydrogen-bond acceptors (Lipinski definition) is 3. The molecule has 1 aromatic carbocycles. The Kier molecular flexibility index (Phi) is 5.72. The highest BCUT2D eigenvalue weighted by atomic mass is 16.5. The number of nitrogens with one attached hydrogen (secondary N) is 2. The fraction of sp³-hybridized carbons (Fsp3) is 0.478. The number of ether oxygens (including phenoxy) is 1. The van der Waals surface area contributed by atoms with Crippen molar-refractivity contribution < 1.29 is 9.53 Å². The minimum absolute atomic E-state index is 0.0614. The predicted octanol–water partition coefficient (Wildman–Crippen LogP) is 4.16. The Morgan fingerprint density at radius 1 is 1.24 bits per heavy atom. The van der Waals surface area contributed by atoms with Crippen LogP contribution in [0.25, 0.3) is 11.0 Å². The lowest BCUT2D eigenvalue weighted by Gasteiger charge is -2.39. The fourth-order valence-electron chi connectivity index (χ4n) is 4.29. The van der Waals surface area contributed by atoms with E-state index in [1.54, 1.807) is 0 Å². The second-order valence-electron chi connectivity index (χ2n) is 8.17. The topological polar surface area (TPSA) is 71.9 Å². The third kappa shape index (κ3) is 4.08. The van der Waals surface area contributed by atoms with Gasteiger partial charge in [-0.1, -0.05) is 32.4 Å². The van der Waals surface area contributed by atoms with Gasteiger partial charge in [0.1, 0.15) is 5.82 Å². The maximum atomic E-state index is 13.2. The molecule has 1 amide bonds. The maximum Gasteiger partial charge on any atom is 0.222 e. The van der Waals surface area contributed by atoms with Gasteiger partial charge in [-0.25, -0.2) is 4.98 Å². The summed E-state index contributed by atoms with van der Waals surface area (Å²) in [4.78, 5) is 21.4. The summed E-state index contributed by atoms with van der Waals surface area (Å²) in [5.41, 5.74) is 1.70. The van der Waals surface area contributed by atoms with E-state index < -0.39 is 0 Å². The van der Waals surface area contributed by atoms with E-state index in [9.17, 15) is 4.79 Å². The summed E-state index contributed by atoms with van der Waals surface area (Å²) >= 11 is 0. The van der Waals surface area contributed by atoms with Crippen LogP contribution in [-0.2, 0) is 15.1 Å². The predicted molar refractivity (Wildman–Crippen MR) is 114 cm³/mol. The van der Waals surface area contributed by atoms with Gasteiger partial charge in [0, 0.05) is 25.6 Å². The largest absolute Gasteiger partial charge is 0.381 e. The van der Waals surface area contributed by atoms with Crippen molar-refractivity contribution in [2.45, 2.75) is 51.1 Å². The van der Waals surface area contributed by atoms with E-state index in [1.807, 2.05) is 36.4 Å². The molecule has 6 heteroatoms. The maximum absolute atomic E-state index is 13.2. The van der Waals surface area contributed by atoms with Gasteiger partial charge in [-0.05, 0) is 43.0 Å². The number of aromatic nitrogens is 3. The van der Waals surface area contributed by atoms with E-state index in [1.165, 1.54) is 0 Å². The molecule has 0 saturated carbocycles. The van der Waals surface area contributed by atoms with Crippen LogP contribution in [0.15, 0.2) is 48.8 Å². The van der Waals surface area contributed by atoms with Gasteiger partial charge in [-0.15, -0.1) is 0 Å². The molecule has 0 aliphatic carbocycles. The lowest BCUT2D eigenvalue weighted by atomic mass is 9.85. The number of H-pyrrole nitrogens is 1. The number of carbonyl (C=O) groups excluding carboxylic acids is 1. The van der Waals surface area contributed by atoms with Crippen molar-refractivity contribution in [1.29, 1.82) is 0 Å². The van der Waals surface area contributed by atoms with Crippen molar-refractivity contribution in [3.05, 3.63) is 54.6 Å². The first kappa shape index (κ1) is 19.7.